The number of benzene rings is 1. The molecule has 0 spiro atoms. The second kappa shape index (κ2) is 7.76. The number of nitrogens with one attached hydrogen (secondary N) is 2. The third-order valence-electron chi connectivity index (χ3n) is 3.79. The van der Waals surface area contributed by atoms with Gasteiger partial charge in [-0.25, -0.2) is 22.7 Å². The highest BCUT2D eigenvalue weighted by Crippen LogP contribution is 2.38. The molecule has 0 unspecified atom stereocenters. The molecule has 0 radical (unpaired) electrons. The molecule has 1 heterocycles. The molecular weight excluding hydrogens is 390 g/mol. The second-order valence-electron chi connectivity index (χ2n) is 5.83. The lowest BCUT2D eigenvalue weighted by Crippen LogP contribution is -2.35. The number of aromatic nitrogens is 3. The second-order valence-corrected chi connectivity index (χ2v) is 7.48. The predicted octanol–water partition coefficient (Wildman–Crippen LogP) is 1.05. The summed E-state index contributed by atoms with van der Waals surface area (Å²) in [7, 11) is -1.87. The first-order valence-electron chi connectivity index (χ1n) is 8.15. The molecule has 2 N–H and O–H groups in total. The topological polar surface area (TPSA) is 149 Å². The minimum absolute atomic E-state index is 0.00564. The quantitative estimate of drug-likeness (QED) is 0.670. The lowest BCUT2D eigenvalue weighted by molar-refractivity contribution is 0.0596. The fourth-order valence-electron chi connectivity index (χ4n) is 2.33. The van der Waals surface area contributed by atoms with Crippen molar-refractivity contribution in [3.63, 3.8) is 0 Å². The summed E-state index contributed by atoms with van der Waals surface area (Å²) in [5.74, 6) is -0.377. The molecule has 0 bridgehead atoms. The molecule has 11 nitrogen and oxygen atoms in total. The third kappa shape index (κ3) is 4.34. The summed E-state index contributed by atoms with van der Waals surface area (Å²) >= 11 is 0. The SMILES string of the molecule is COC(=O)c1ccccc1S(=O)(=O)NC(=O)Nc1nc(OC)nc(C2CC2)n1. The number of hydrogen-bond donors (Lipinski definition) is 2. The monoisotopic (exact) mass is 407 g/mol. The van der Waals surface area contributed by atoms with Crippen LogP contribution in [0.15, 0.2) is 29.2 Å². The van der Waals surface area contributed by atoms with E-state index < -0.39 is 26.9 Å². The Morgan fingerprint density at radius 2 is 1.82 bits per heavy atom. The first kappa shape index (κ1) is 19.5. The van der Waals surface area contributed by atoms with Crippen molar-refractivity contribution in [2.75, 3.05) is 19.5 Å². The number of sulfonamides is 1. The van der Waals surface area contributed by atoms with Crippen molar-refractivity contribution >= 4 is 28.0 Å². The van der Waals surface area contributed by atoms with E-state index in [9.17, 15) is 18.0 Å². The molecule has 1 aromatic heterocycles. The normalized spacial score (nSPS) is 13.5. The number of rotatable bonds is 6. The minimum atomic E-state index is -4.36. The fourth-order valence-corrected chi connectivity index (χ4v) is 3.43. The summed E-state index contributed by atoms with van der Waals surface area (Å²) in [6.45, 7) is 0. The van der Waals surface area contributed by atoms with Crippen LogP contribution in [0.1, 0.15) is 34.9 Å². The Bertz CT molecular complexity index is 1020. The van der Waals surface area contributed by atoms with Gasteiger partial charge in [0, 0.05) is 5.92 Å². The number of ether oxygens (including phenoxy) is 2. The molecule has 1 fully saturated rings. The van der Waals surface area contributed by atoms with Crippen LogP contribution < -0.4 is 14.8 Å². The number of carbonyl (C=O) groups is 2. The van der Waals surface area contributed by atoms with E-state index in [0.717, 1.165) is 20.0 Å². The van der Waals surface area contributed by atoms with Crippen LogP contribution in [0.25, 0.3) is 0 Å². The highest BCUT2D eigenvalue weighted by molar-refractivity contribution is 7.90. The van der Waals surface area contributed by atoms with Crippen LogP contribution in [-0.4, -0.2) is 49.6 Å². The number of urea groups is 1. The van der Waals surface area contributed by atoms with E-state index in [-0.39, 0.29) is 23.4 Å². The van der Waals surface area contributed by atoms with Gasteiger partial charge in [0.05, 0.1) is 19.8 Å². The molecule has 12 heteroatoms. The van der Waals surface area contributed by atoms with Crippen LogP contribution in [0, 0.1) is 0 Å². The van der Waals surface area contributed by atoms with Crippen LogP contribution in [0.5, 0.6) is 6.01 Å². The molecule has 148 valence electrons. The van der Waals surface area contributed by atoms with Gasteiger partial charge >= 0.3 is 18.0 Å². The Balaban J connectivity index is 1.80. The molecular formula is C16H17N5O6S. The number of carbonyl (C=O) groups excluding carboxylic acids is 2. The zero-order valence-electron chi connectivity index (χ0n) is 15.0. The van der Waals surface area contributed by atoms with Crippen LogP contribution in [0.4, 0.5) is 10.7 Å². The largest absolute Gasteiger partial charge is 0.467 e. The molecule has 1 aromatic carbocycles. The van der Waals surface area contributed by atoms with Crippen LogP contribution in [-0.2, 0) is 14.8 Å². The van der Waals surface area contributed by atoms with Crippen molar-refractivity contribution in [1.82, 2.24) is 19.7 Å². The molecule has 3 rings (SSSR count). The Labute approximate surface area is 160 Å². The first-order chi connectivity index (χ1) is 13.3. The standard InChI is InChI=1S/C16H17N5O6S/c1-26-13(22)10-5-3-4-6-11(10)28(24,25)21-15(23)19-14-17-12(9-7-8-9)18-16(20-14)27-2/h3-6,9H,7-8H2,1-2H3,(H2,17,18,19,20,21,23). The van der Waals surface area contributed by atoms with Gasteiger partial charge in [-0.1, -0.05) is 12.1 Å². The van der Waals surface area contributed by atoms with E-state index in [0.29, 0.717) is 5.82 Å². The van der Waals surface area contributed by atoms with Gasteiger partial charge in [-0.2, -0.15) is 15.0 Å². The van der Waals surface area contributed by atoms with Crippen molar-refractivity contribution < 1.29 is 27.5 Å². The van der Waals surface area contributed by atoms with Gasteiger partial charge in [0.2, 0.25) is 5.95 Å². The molecule has 2 aromatic rings. The number of amides is 2. The Morgan fingerprint density at radius 3 is 2.46 bits per heavy atom. The summed E-state index contributed by atoms with van der Waals surface area (Å²) in [5.41, 5.74) is -0.205. The lowest BCUT2D eigenvalue weighted by atomic mass is 10.2. The Hall–Kier alpha value is -3.28. The highest BCUT2D eigenvalue weighted by Gasteiger charge is 2.29. The zero-order chi connectivity index (χ0) is 20.3. The number of anilines is 1. The van der Waals surface area contributed by atoms with Crippen LogP contribution >= 0.6 is 0 Å². The van der Waals surface area contributed by atoms with Gasteiger partial charge in [0.1, 0.15) is 10.7 Å². The van der Waals surface area contributed by atoms with Crippen molar-refractivity contribution in [3.05, 3.63) is 35.7 Å². The Morgan fingerprint density at radius 1 is 1.11 bits per heavy atom. The van der Waals surface area contributed by atoms with E-state index >= 15 is 0 Å². The van der Waals surface area contributed by atoms with Crippen molar-refractivity contribution in [2.45, 2.75) is 23.7 Å². The first-order valence-corrected chi connectivity index (χ1v) is 9.63. The number of methoxy groups -OCH3 is 2. The number of hydrogen-bond acceptors (Lipinski definition) is 9. The van der Waals surface area contributed by atoms with Crippen LogP contribution in [0.3, 0.4) is 0 Å². The van der Waals surface area contributed by atoms with Gasteiger partial charge in [-0.15, -0.1) is 0 Å². The zero-order valence-corrected chi connectivity index (χ0v) is 15.8. The van der Waals surface area contributed by atoms with Gasteiger partial charge in [0.15, 0.2) is 0 Å². The van der Waals surface area contributed by atoms with E-state index in [1.165, 1.54) is 31.4 Å². The molecule has 0 atom stereocenters. The minimum Gasteiger partial charge on any atom is -0.467 e. The lowest BCUT2D eigenvalue weighted by Gasteiger charge is -2.11. The predicted molar refractivity (Wildman–Crippen MR) is 95.5 cm³/mol. The van der Waals surface area contributed by atoms with Crippen molar-refractivity contribution in [3.8, 4) is 6.01 Å². The average Bonchev–Trinajstić information content (AvgIpc) is 3.51. The molecule has 1 aliphatic carbocycles. The summed E-state index contributed by atoms with van der Waals surface area (Å²) in [4.78, 5) is 35.6. The molecule has 0 aliphatic heterocycles. The molecule has 28 heavy (non-hydrogen) atoms. The molecule has 1 aliphatic rings. The van der Waals surface area contributed by atoms with Crippen molar-refractivity contribution in [2.24, 2.45) is 0 Å². The van der Waals surface area contributed by atoms with Crippen LogP contribution in [0.2, 0.25) is 0 Å². The average molecular weight is 407 g/mol. The van der Waals surface area contributed by atoms with E-state index in [4.69, 9.17) is 4.74 Å². The maximum absolute atomic E-state index is 12.5. The summed E-state index contributed by atoms with van der Waals surface area (Å²) < 4.78 is 36.4. The maximum atomic E-state index is 12.5. The fraction of sp³-hybridized carbons (Fsp3) is 0.312. The summed E-state index contributed by atoms with van der Waals surface area (Å²) in [6, 6.07) is 4.25. The third-order valence-corrected chi connectivity index (χ3v) is 5.18. The van der Waals surface area contributed by atoms with E-state index in [2.05, 4.69) is 25.0 Å². The molecule has 1 saturated carbocycles. The van der Waals surface area contributed by atoms with Gasteiger partial charge < -0.3 is 9.47 Å². The van der Waals surface area contributed by atoms with E-state index in [1.54, 1.807) is 0 Å². The molecule has 2 amide bonds. The van der Waals surface area contributed by atoms with Gasteiger partial charge in [-0.05, 0) is 25.0 Å². The summed E-state index contributed by atoms with van der Waals surface area (Å²) in [5, 5.41) is 2.24. The maximum Gasteiger partial charge on any atom is 0.339 e. The Kier molecular flexibility index (Phi) is 5.40. The number of esters is 1. The summed E-state index contributed by atoms with van der Waals surface area (Å²) in [6.07, 6.45) is 1.83. The number of nitrogens with zero attached hydrogens (tertiary/aromatic N) is 3. The molecule has 0 saturated heterocycles. The van der Waals surface area contributed by atoms with Crippen molar-refractivity contribution in [1.29, 1.82) is 0 Å². The highest BCUT2D eigenvalue weighted by atomic mass is 32.2. The van der Waals surface area contributed by atoms with E-state index in [1.807, 2.05) is 4.72 Å². The van der Waals surface area contributed by atoms with Gasteiger partial charge in [-0.3, -0.25) is 5.32 Å². The van der Waals surface area contributed by atoms with Gasteiger partial charge in [0.25, 0.3) is 10.0 Å². The smallest absolute Gasteiger partial charge is 0.339 e.